The van der Waals surface area contributed by atoms with Crippen LogP contribution in [0.15, 0.2) is 51.7 Å². The zero-order valence-electron chi connectivity index (χ0n) is 10.9. The smallest absolute Gasteiger partial charge is 0.408 e. The van der Waals surface area contributed by atoms with E-state index in [0.717, 1.165) is 11.1 Å². The van der Waals surface area contributed by atoms with Crippen LogP contribution < -0.4 is 11.5 Å². The Kier molecular flexibility index (Phi) is 3.53. The van der Waals surface area contributed by atoms with E-state index in [-0.39, 0.29) is 4.99 Å². The summed E-state index contributed by atoms with van der Waals surface area (Å²) in [4.78, 5) is 12.2. The van der Waals surface area contributed by atoms with Gasteiger partial charge in [0, 0.05) is 10.6 Å². The van der Waals surface area contributed by atoms with Gasteiger partial charge in [0.05, 0.1) is 12.1 Å². The van der Waals surface area contributed by atoms with Crippen LogP contribution in [-0.4, -0.2) is 9.56 Å². The molecule has 0 aliphatic carbocycles. The van der Waals surface area contributed by atoms with Gasteiger partial charge in [-0.2, -0.15) is 0 Å². The normalized spacial score (nSPS) is 10.9. The van der Waals surface area contributed by atoms with Gasteiger partial charge >= 0.3 is 5.76 Å². The molecule has 0 radical (unpaired) electrons. The van der Waals surface area contributed by atoms with Gasteiger partial charge in [-0.05, 0) is 23.8 Å². The molecule has 6 heteroatoms. The molecule has 2 aromatic carbocycles. The highest BCUT2D eigenvalue weighted by molar-refractivity contribution is 7.80. The number of thiocarbonyl (C=S) groups is 1. The molecule has 0 fully saturated rings. The summed E-state index contributed by atoms with van der Waals surface area (Å²) < 4.78 is 6.74. The molecular formula is C15H11ClN2O2S. The molecule has 0 aliphatic heterocycles. The Labute approximate surface area is 130 Å². The van der Waals surface area contributed by atoms with Crippen LogP contribution in [0.3, 0.4) is 0 Å². The van der Waals surface area contributed by atoms with Gasteiger partial charge in [-0.1, -0.05) is 48.1 Å². The van der Waals surface area contributed by atoms with Crippen molar-refractivity contribution in [2.45, 2.75) is 6.54 Å². The first-order valence-corrected chi connectivity index (χ1v) is 7.01. The summed E-state index contributed by atoms with van der Waals surface area (Å²) in [6, 6.07) is 12.6. The van der Waals surface area contributed by atoms with Crippen molar-refractivity contribution in [3.8, 4) is 0 Å². The Balaban J connectivity index is 2.05. The third-order valence-electron chi connectivity index (χ3n) is 3.24. The van der Waals surface area contributed by atoms with E-state index in [0.29, 0.717) is 22.7 Å². The second-order valence-corrected chi connectivity index (χ2v) is 5.44. The zero-order chi connectivity index (χ0) is 15.0. The summed E-state index contributed by atoms with van der Waals surface area (Å²) in [5.74, 6) is -0.411. The maximum atomic E-state index is 11.9. The molecule has 1 aromatic heterocycles. The fourth-order valence-corrected chi connectivity index (χ4v) is 2.53. The Morgan fingerprint density at radius 2 is 2.05 bits per heavy atom. The lowest BCUT2D eigenvalue weighted by Crippen LogP contribution is -2.15. The van der Waals surface area contributed by atoms with Crippen LogP contribution in [0.4, 0.5) is 0 Å². The number of halogens is 1. The van der Waals surface area contributed by atoms with E-state index in [1.807, 2.05) is 24.3 Å². The molecular weight excluding hydrogens is 308 g/mol. The maximum absolute atomic E-state index is 11.9. The van der Waals surface area contributed by atoms with Crippen LogP contribution in [0.5, 0.6) is 0 Å². The molecule has 0 bridgehead atoms. The first-order chi connectivity index (χ1) is 10.1. The topological polar surface area (TPSA) is 61.2 Å². The van der Waals surface area contributed by atoms with Gasteiger partial charge in [0.1, 0.15) is 4.99 Å². The molecule has 1 heterocycles. The van der Waals surface area contributed by atoms with Crippen LogP contribution in [0.2, 0.25) is 5.02 Å². The first kappa shape index (κ1) is 13.9. The summed E-state index contributed by atoms with van der Waals surface area (Å²) >= 11 is 11.1. The van der Waals surface area contributed by atoms with Gasteiger partial charge in [0.15, 0.2) is 5.58 Å². The lowest BCUT2D eigenvalue weighted by atomic mass is 10.1. The second kappa shape index (κ2) is 5.35. The van der Waals surface area contributed by atoms with Crippen LogP contribution in [0, 0.1) is 0 Å². The van der Waals surface area contributed by atoms with E-state index < -0.39 is 5.76 Å². The highest BCUT2D eigenvalue weighted by Gasteiger charge is 2.11. The van der Waals surface area contributed by atoms with Crippen molar-refractivity contribution in [1.82, 2.24) is 4.57 Å². The van der Waals surface area contributed by atoms with Crippen molar-refractivity contribution in [1.29, 1.82) is 0 Å². The van der Waals surface area contributed by atoms with Crippen molar-refractivity contribution in [3.05, 3.63) is 69.2 Å². The number of hydrogen-bond donors (Lipinski definition) is 1. The van der Waals surface area contributed by atoms with Gasteiger partial charge in [0.2, 0.25) is 0 Å². The summed E-state index contributed by atoms with van der Waals surface area (Å²) in [7, 11) is 0. The van der Waals surface area contributed by atoms with Crippen molar-refractivity contribution >= 4 is 39.9 Å². The average Bonchev–Trinajstić information content (AvgIpc) is 2.77. The number of nitrogens with zero attached hydrogens (tertiary/aromatic N) is 1. The molecule has 4 nitrogen and oxygen atoms in total. The summed E-state index contributed by atoms with van der Waals surface area (Å²) in [6.07, 6.45) is 0. The molecule has 0 unspecified atom stereocenters. The molecule has 106 valence electrons. The monoisotopic (exact) mass is 318 g/mol. The van der Waals surface area contributed by atoms with Gasteiger partial charge in [-0.25, -0.2) is 4.79 Å². The number of hydrogen-bond acceptors (Lipinski definition) is 3. The Morgan fingerprint density at radius 1 is 1.29 bits per heavy atom. The summed E-state index contributed by atoms with van der Waals surface area (Å²) in [5, 5.41) is 0.512. The predicted octanol–water partition coefficient (Wildman–Crippen LogP) is 2.93. The highest BCUT2D eigenvalue weighted by atomic mass is 35.5. The van der Waals surface area contributed by atoms with Gasteiger partial charge in [0.25, 0.3) is 0 Å². The molecule has 0 saturated heterocycles. The Morgan fingerprint density at radius 3 is 2.76 bits per heavy atom. The molecule has 2 N–H and O–H groups in total. The molecule has 0 atom stereocenters. The van der Waals surface area contributed by atoms with Crippen molar-refractivity contribution < 1.29 is 4.42 Å². The number of oxazole rings is 1. The lowest BCUT2D eigenvalue weighted by molar-refractivity contribution is 0.518. The molecule has 3 rings (SSSR count). The average molecular weight is 319 g/mol. The number of benzene rings is 2. The number of para-hydroxylation sites is 2. The molecule has 21 heavy (non-hydrogen) atoms. The SMILES string of the molecule is NC(=S)c1ccc(Cn2c(=O)oc3ccccc32)c(Cl)c1. The minimum absolute atomic E-state index is 0.286. The van der Waals surface area contributed by atoms with E-state index >= 15 is 0 Å². The lowest BCUT2D eigenvalue weighted by Gasteiger charge is -2.07. The van der Waals surface area contributed by atoms with E-state index in [4.69, 9.17) is 34.0 Å². The fourth-order valence-electron chi connectivity index (χ4n) is 2.16. The third-order valence-corrected chi connectivity index (χ3v) is 3.83. The van der Waals surface area contributed by atoms with Crippen molar-refractivity contribution in [2.75, 3.05) is 0 Å². The van der Waals surface area contributed by atoms with E-state index in [1.165, 1.54) is 4.57 Å². The summed E-state index contributed by atoms with van der Waals surface area (Å²) in [5.41, 5.74) is 8.35. The Bertz CT molecular complexity index is 898. The van der Waals surface area contributed by atoms with E-state index in [1.54, 1.807) is 18.2 Å². The van der Waals surface area contributed by atoms with Crippen LogP contribution >= 0.6 is 23.8 Å². The molecule has 0 spiro atoms. The van der Waals surface area contributed by atoms with Crippen molar-refractivity contribution in [2.24, 2.45) is 5.73 Å². The maximum Gasteiger partial charge on any atom is 0.420 e. The minimum atomic E-state index is -0.411. The zero-order valence-corrected chi connectivity index (χ0v) is 12.4. The van der Waals surface area contributed by atoms with Gasteiger partial charge in [-0.15, -0.1) is 0 Å². The predicted molar refractivity (Wildman–Crippen MR) is 86.9 cm³/mol. The highest BCUT2D eigenvalue weighted by Crippen LogP contribution is 2.21. The largest absolute Gasteiger partial charge is 0.420 e. The van der Waals surface area contributed by atoms with Gasteiger partial charge < -0.3 is 10.2 Å². The van der Waals surface area contributed by atoms with Crippen LogP contribution in [0.1, 0.15) is 11.1 Å². The second-order valence-electron chi connectivity index (χ2n) is 4.59. The van der Waals surface area contributed by atoms with Crippen LogP contribution in [0.25, 0.3) is 11.1 Å². The fraction of sp³-hybridized carbons (Fsp3) is 0.0667. The van der Waals surface area contributed by atoms with Gasteiger partial charge in [-0.3, -0.25) is 4.57 Å². The molecule has 0 aliphatic rings. The molecule has 0 saturated carbocycles. The van der Waals surface area contributed by atoms with Crippen molar-refractivity contribution in [3.63, 3.8) is 0 Å². The first-order valence-electron chi connectivity index (χ1n) is 6.23. The van der Waals surface area contributed by atoms with E-state index in [9.17, 15) is 4.79 Å². The third kappa shape index (κ3) is 2.57. The summed E-state index contributed by atoms with van der Waals surface area (Å²) in [6.45, 7) is 0.326. The van der Waals surface area contributed by atoms with E-state index in [2.05, 4.69) is 0 Å². The molecule has 0 amide bonds. The number of nitrogens with two attached hydrogens (primary N) is 1. The van der Waals surface area contributed by atoms with Crippen LogP contribution in [-0.2, 0) is 6.54 Å². The number of fused-ring (bicyclic) bond motifs is 1. The quantitative estimate of drug-likeness (QED) is 0.754. The Hall–Kier alpha value is -2.11. The molecule has 3 aromatic rings. The standard InChI is InChI=1S/C15H11ClN2O2S/c16-11-7-9(14(17)21)5-6-10(11)8-18-12-3-1-2-4-13(12)20-15(18)19/h1-7H,8H2,(H2,17,21). The number of rotatable bonds is 3. The number of aromatic nitrogens is 1. The minimum Gasteiger partial charge on any atom is -0.408 e.